The fraction of sp³-hybridized carbons (Fsp3) is 1.00. The largest absolute Gasteiger partial charge is 0.378 e. The van der Waals surface area contributed by atoms with E-state index < -0.39 is 10.0 Å². The van der Waals surface area contributed by atoms with Crippen LogP contribution in [0.15, 0.2) is 0 Å². The van der Waals surface area contributed by atoms with Crippen LogP contribution in [0.1, 0.15) is 33.6 Å². The predicted octanol–water partition coefficient (Wildman–Crippen LogP) is 0.802. The van der Waals surface area contributed by atoms with Crippen LogP contribution in [0.5, 0.6) is 0 Å². The summed E-state index contributed by atoms with van der Waals surface area (Å²) in [6.45, 7) is 7.98. The molecule has 0 unspecified atom stereocenters. The van der Waals surface area contributed by atoms with Crippen LogP contribution in [0.4, 0.5) is 0 Å². The van der Waals surface area contributed by atoms with Crippen molar-refractivity contribution in [1.29, 1.82) is 0 Å². The summed E-state index contributed by atoms with van der Waals surface area (Å²) in [5.74, 6) is 0.0739. The van der Waals surface area contributed by atoms with Gasteiger partial charge in [-0.2, -0.15) is 0 Å². The van der Waals surface area contributed by atoms with Gasteiger partial charge in [0, 0.05) is 13.1 Å². The van der Waals surface area contributed by atoms with E-state index in [4.69, 9.17) is 10.5 Å². The van der Waals surface area contributed by atoms with E-state index in [1.807, 2.05) is 13.8 Å². The van der Waals surface area contributed by atoms with Gasteiger partial charge in [-0.05, 0) is 38.6 Å². The fourth-order valence-electron chi connectivity index (χ4n) is 2.03. The molecule has 1 heterocycles. The number of hydrogen-bond donors (Lipinski definition) is 1. The average Bonchev–Trinajstić information content (AvgIpc) is 2.29. The van der Waals surface area contributed by atoms with Crippen molar-refractivity contribution >= 4 is 10.0 Å². The zero-order valence-corrected chi connectivity index (χ0v) is 12.5. The Kier molecular flexibility index (Phi) is 5.58. The number of nitrogens with zero attached hydrogens (tertiary/aromatic N) is 1. The van der Waals surface area contributed by atoms with Crippen molar-refractivity contribution in [3.8, 4) is 0 Å². The lowest BCUT2D eigenvalue weighted by atomic mass is 9.81. The van der Waals surface area contributed by atoms with Gasteiger partial charge in [0.25, 0.3) is 0 Å². The zero-order valence-electron chi connectivity index (χ0n) is 11.7. The molecule has 1 fully saturated rings. The molecule has 0 aliphatic carbocycles. The molecule has 0 aromatic rings. The lowest BCUT2D eigenvalue weighted by Gasteiger charge is -2.37. The van der Waals surface area contributed by atoms with Crippen LogP contribution in [0.25, 0.3) is 0 Å². The topological polar surface area (TPSA) is 72.6 Å². The summed E-state index contributed by atoms with van der Waals surface area (Å²) in [6.07, 6.45) is 1.75. The lowest BCUT2D eigenvalue weighted by molar-refractivity contribution is 0.0902. The third-order valence-electron chi connectivity index (χ3n) is 3.61. The zero-order chi connectivity index (χ0) is 13.8. The molecule has 108 valence electrons. The summed E-state index contributed by atoms with van der Waals surface area (Å²) in [5.41, 5.74) is 5.82. The molecule has 0 atom stereocenters. The van der Waals surface area contributed by atoms with Crippen molar-refractivity contribution in [2.24, 2.45) is 11.1 Å². The number of hydrogen-bond acceptors (Lipinski definition) is 4. The third-order valence-corrected chi connectivity index (χ3v) is 5.44. The quantitative estimate of drug-likeness (QED) is 0.780. The van der Waals surface area contributed by atoms with Crippen LogP contribution in [0.3, 0.4) is 0 Å². The van der Waals surface area contributed by atoms with E-state index in [1.165, 1.54) is 0 Å². The van der Waals surface area contributed by atoms with Gasteiger partial charge in [0.15, 0.2) is 0 Å². The van der Waals surface area contributed by atoms with Crippen molar-refractivity contribution in [2.45, 2.75) is 39.7 Å². The number of rotatable bonds is 6. The molecule has 1 aliphatic rings. The second-order valence-corrected chi connectivity index (χ2v) is 7.74. The number of piperidine rings is 1. The molecule has 2 N–H and O–H groups in total. The van der Waals surface area contributed by atoms with Crippen molar-refractivity contribution in [3.63, 3.8) is 0 Å². The molecule has 6 heteroatoms. The average molecular weight is 278 g/mol. The van der Waals surface area contributed by atoms with Gasteiger partial charge in [-0.25, -0.2) is 12.7 Å². The van der Waals surface area contributed by atoms with Crippen molar-refractivity contribution < 1.29 is 13.2 Å². The highest BCUT2D eigenvalue weighted by Gasteiger charge is 2.33. The molecule has 0 saturated carbocycles. The smallest absolute Gasteiger partial charge is 0.216 e. The first-order valence-electron chi connectivity index (χ1n) is 6.59. The summed E-state index contributed by atoms with van der Waals surface area (Å²) in [6, 6.07) is 0. The molecule has 0 spiro atoms. The van der Waals surface area contributed by atoms with Gasteiger partial charge >= 0.3 is 0 Å². The van der Waals surface area contributed by atoms with Crippen LogP contribution >= 0.6 is 0 Å². The van der Waals surface area contributed by atoms with E-state index in [2.05, 4.69) is 6.92 Å². The first kappa shape index (κ1) is 15.9. The van der Waals surface area contributed by atoms with E-state index in [0.29, 0.717) is 19.6 Å². The van der Waals surface area contributed by atoms with Gasteiger partial charge in [-0.1, -0.05) is 6.92 Å². The van der Waals surface area contributed by atoms with Crippen LogP contribution in [0.2, 0.25) is 0 Å². The van der Waals surface area contributed by atoms with Gasteiger partial charge in [-0.3, -0.25) is 0 Å². The Balaban J connectivity index is 2.45. The maximum atomic E-state index is 12.1. The molecule has 5 nitrogen and oxygen atoms in total. The SMILES string of the molecule is CC(C)OCCS(=O)(=O)N1CCC(C)(CN)CC1. The Morgan fingerprint density at radius 1 is 1.33 bits per heavy atom. The molecule has 0 aromatic carbocycles. The molecule has 0 amide bonds. The summed E-state index contributed by atoms with van der Waals surface area (Å²) in [4.78, 5) is 0. The molecular weight excluding hydrogens is 252 g/mol. The van der Waals surface area contributed by atoms with E-state index in [9.17, 15) is 8.42 Å². The number of nitrogens with two attached hydrogens (primary N) is 1. The third kappa shape index (κ3) is 4.50. The van der Waals surface area contributed by atoms with Crippen LogP contribution in [0, 0.1) is 5.41 Å². The Morgan fingerprint density at radius 3 is 2.33 bits per heavy atom. The highest BCUT2D eigenvalue weighted by atomic mass is 32.2. The Bertz CT molecular complexity index is 346. The predicted molar refractivity (Wildman–Crippen MR) is 72.8 cm³/mol. The summed E-state index contributed by atoms with van der Waals surface area (Å²) in [7, 11) is -3.17. The molecule has 1 rings (SSSR count). The number of ether oxygens (including phenoxy) is 1. The van der Waals surface area contributed by atoms with Crippen molar-refractivity contribution in [1.82, 2.24) is 4.31 Å². The van der Waals surface area contributed by atoms with Crippen LogP contribution in [-0.4, -0.2) is 50.8 Å². The first-order valence-corrected chi connectivity index (χ1v) is 8.19. The minimum absolute atomic E-state index is 0.0714. The van der Waals surface area contributed by atoms with E-state index in [1.54, 1.807) is 4.31 Å². The maximum Gasteiger partial charge on any atom is 0.216 e. The van der Waals surface area contributed by atoms with Crippen molar-refractivity contribution in [3.05, 3.63) is 0 Å². The minimum Gasteiger partial charge on any atom is -0.378 e. The second kappa shape index (κ2) is 6.32. The molecule has 0 radical (unpaired) electrons. The van der Waals surface area contributed by atoms with Gasteiger partial charge in [-0.15, -0.1) is 0 Å². The molecule has 0 aromatic heterocycles. The maximum absolute atomic E-state index is 12.1. The summed E-state index contributed by atoms with van der Waals surface area (Å²) < 4.78 is 31.0. The molecule has 1 aliphatic heterocycles. The van der Waals surface area contributed by atoms with E-state index >= 15 is 0 Å². The summed E-state index contributed by atoms with van der Waals surface area (Å²) >= 11 is 0. The molecule has 1 saturated heterocycles. The second-order valence-electron chi connectivity index (χ2n) is 5.65. The Morgan fingerprint density at radius 2 is 1.89 bits per heavy atom. The molecular formula is C12H26N2O3S. The minimum atomic E-state index is -3.17. The number of sulfonamides is 1. The fourth-order valence-corrected chi connectivity index (χ4v) is 3.33. The van der Waals surface area contributed by atoms with Gasteiger partial charge in [0.05, 0.1) is 18.5 Å². The highest BCUT2D eigenvalue weighted by molar-refractivity contribution is 7.89. The van der Waals surface area contributed by atoms with Gasteiger partial charge in [0.2, 0.25) is 10.0 Å². The van der Waals surface area contributed by atoms with Gasteiger partial charge < -0.3 is 10.5 Å². The Hall–Kier alpha value is -0.170. The monoisotopic (exact) mass is 278 g/mol. The molecule has 0 bridgehead atoms. The van der Waals surface area contributed by atoms with Crippen LogP contribution in [-0.2, 0) is 14.8 Å². The lowest BCUT2D eigenvalue weighted by Crippen LogP contribution is -2.45. The normalized spacial score (nSPS) is 21.4. The Labute approximate surface area is 111 Å². The standard InChI is InChI=1S/C12H26N2O3S/c1-11(2)17-8-9-18(15,16)14-6-4-12(3,10-13)5-7-14/h11H,4-10,13H2,1-3H3. The van der Waals surface area contributed by atoms with Gasteiger partial charge in [0.1, 0.15) is 0 Å². The van der Waals surface area contributed by atoms with E-state index in [0.717, 1.165) is 12.8 Å². The summed E-state index contributed by atoms with van der Waals surface area (Å²) in [5, 5.41) is 0. The molecule has 18 heavy (non-hydrogen) atoms. The van der Waals surface area contributed by atoms with Crippen molar-refractivity contribution in [2.75, 3.05) is 32.0 Å². The van der Waals surface area contributed by atoms with E-state index in [-0.39, 0.29) is 23.9 Å². The van der Waals surface area contributed by atoms with Crippen LogP contribution < -0.4 is 5.73 Å². The first-order chi connectivity index (χ1) is 8.29. The highest BCUT2D eigenvalue weighted by Crippen LogP contribution is 2.30.